The molecule has 0 bridgehead atoms. The number of nitrogens with zero attached hydrogens (tertiary/aromatic N) is 3. The van der Waals surface area contributed by atoms with E-state index in [1.165, 1.54) is 3.97 Å². The zero-order valence-electron chi connectivity index (χ0n) is 17.8. The van der Waals surface area contributed by atoms with Gasteiger partial charge in [-0.2, -0.15) is 0 Å². The van der Waals surface area contributed by atoms with Crippen molar-refractivity contribution in [2.75, 3.05) is 26.7 Å². The molecule has 1 amide bonds. The van der Waals surface area contributed by atoms with Gasteiger partial charge in [0.05, 0.1) is 23.2 Å². The predicted molar refractivity (Wildman–Crippen MR) is 119 cm³/mol. The Labute approximate surface area is 181 Å². The highest BCUT2D eigenvalue weighted by Crippen LogP contribution is 2.46. The number of hydrogen-bond acceptors (Lipinski definition) is 5. The van der Waals surface area contributed by atoms with Gasteiger partial charge in [0.15, 0.2) is 0 Å². The first kappa shape index (κ1) is 20.1. The quantitative estimate of drug-likeness (QED) is 0.491. The standard InChI is InChI=1S/C23H25N3O4S/c1-15-13-24(10-11-25(15)16(2)27)14-20-19-12-17(30-3)8-9-21(19)26-23(20)18-6-4-5-7-22(18)31(26,28)29/h4-9,12,15H,10-11,13-14H2,1-3H3. The molecule has 7 nitrogen and oxygen atoms in total. The van der Waals surface area contributed by atoms with Crippen LogP contribution in [0.15, 0.2) is 47.4 Å². The maximum absolute atomic E-state index is 13.4. The summed E-state index contributed by atoms with van der Waals surface area (Å²) >= 11 is 0. The Morgan fingerprint density at radius 3 is 2.65 bits per heavy atom. The van der Waals surface area contributed by atoms with Crippen molar-refractivity contribution in [3.05, 3.63) is 48.0 Å². The van der Waals surface area contributed by atoms with Gasteiger partial charge in [-0.25, -0.2) is 12.4 Å². The average molecular weight is 440 g/mol. The largest absolute Gasteiger partial charge is 0.497 e. The maximum atomic E-state index is 13.4. The summed E-state index contributed by atoms with van der Waals surface area (Å²) in [5, 5.41) is 0.883. The Morgan fingerprint density at radius 2 is 1.94 bits per heavy atom. The van der Waals surface area contributed by atoms with E-state index < -0.39 is 10.0 Å². The van der Waals surface area contributed by atoms with E-state index >= 15 is 0 Å². The van der Waals surface area contributed by atoms with Crippen LogP contribution in [0.5, 0.6) is 5.75 Å². The minimum atomic E-state index is -3.66. The van der Waals surface area contributed by atoms with Gasteiger partial charge in [0, 0.05) is 55.7 Å². The lowest BCUT2D eigenvalue weighted by Gasteiger charge is -2.39. The molecule has 8 heteroatoms. The van der Waals surface area contributed by atoms with Crippen molar-refractivity contribution in [3.8, 4) is 17.0 Å². The monoisotopic (exact) mass is 439 g/mol. The summed E-state index contributed by atoms with van der Waals surface area (Å²) in [6.07, 6.45) is 0. The molecular formula is C23H25N3O4S. The van der Waals surface area contributed by atoms with E-state index in [-0.39, 0.29) is 11.9 Å². The molecule has 2 aromatic carbocycles. The topological polar surface area (TPSA) is 71.8 Å². The maximum Gasteiger partial charge on any atom is 0.269 e. The van der Waals surface area contributed by atoms with Crippen LogP contribution in [0, 0.1) is 0 Å². The van der Waals surface area contributed by atoms with Crippen molar-refractivity contribution in [2.24, 2.45) is 0 Å². The normalized spacial score (nSPS) is 20.0. The Balaban J connectivity index is 1.66. The first-order valence-electron chi connectivity index (χ1n) is 10.4. The van der Waals surface area contributed by atoms with Crippen LogP contribution >= 0.6 is 0 Å². The smallest absolute Gasteiger partial charge is 0.269 e. The van der Waals surface area contributed by atoms with Gasteiger partial charge in [-0.05, 0) is 31.2 Å². The summed E-state index contributed by atoms with van der Waals surface area (Å²) in [6, 6.07) is 12.8. The van der Waals surface area contributed by atoms with E-state index in [1.807, 2.05) is 29.2 Å². The van der Waals surface area contributed by atoms with E-state index in [1.54, 1.807) is 32.2 Å². The summed E-state index contributed by atoms with van der Waals surface area (Å²) in [6.45, 7) is 6.42. The molecule has 162 valence electrons. The van der Waals surface area contributed by atoms with Crippen molar-refractivity contribution in [2.45, 2.75) is 31.3 Å². The third-order valence-electron chi connectivity index (χ3n) is 6.39. The van der Waals surface area contributed by atoms with Crippen LogP contribution in [0.4, 0.5) is 0 Å². The number of amides is 1. The molecule has 0 spiro atoms. The Bertz CT molecular complexity index is 1310. The van der Waals surface area contributed by atoms with Gasteiger partial charge in [-0.1, -0.05) is 18.2 Å². The van der Waals surface area contributed by atoms with Crippen molar-refractivity contribution in [3.63, 3.8) is 0 Å². The third kappa shape index (κ3) is 2.96. The number of carbonyl (C=O) groups is 1. The number of hydrogen-bond donors (Lipinski definition) is 0. The molecule has 0 saturated carbocycles. The van der Waals surface area contributed by atoms with Crippen LogP contribution in [-0.4, -0.2) is 60.9 Å². The SMILES string of the molecule is COc1ccc2c(c1)c(CN1CCN(C(C)=O)C(C)C1)c1n2S(=O)(=O)c2ccccc2-1. The number of methoxy groups -OCH3 is 1. The Kier molecular flexibility index (Phi) is 4.60. The minimum Gasteiger partial charge on any atom is -0.497 e. The highest BCUT2D eigenvalue weighted by atomic mass is 32.2. The lowest BCUT2D eigenvalue weighted by atomic mass is 10.0. The molecule has 31 heavy (non-hydrogen) atoms. The van der Waals surface area contributed by atoms with E-state index in [4.69, 9.17) is 4.74 Å². The molecule has 5 rings (SSSR count). The van der Waals surface area contributed by atoms with Crippen LogP contribution in [0.25, 0.3) is 22.2 Å². The van der Waals surface area contributed by atoms with E-state index in [0.717, 1.165) is 35.3 Å². The fraction of sp³-hybridized carbons (Fsp3) is 0.348. The molecule has 2 aliphatic rings. The first-order chi connectivity index (χ1) is 14.8. The van der Waals surface area contributed by atoms with Crippen molar-refractivity contribution >= 4 is 26.8 Å². The lowest BCUT2D eigenvalue weighted by molar-refractivity contribution is -0.133. The van der Waals surface area contributed by atoms with Gasteiger partial charge < -0.3 is 9.64 Å². The van der Waals surface area contributed by atoms with Gasteiger partial charge >= 0.3 is 0 Å². The summed E-state index contributed by atoms with van der Waals surface area (Å²) in [5.74, 6) is 0.783. The van der Waals surface area contributed by atoms with E-state index in [0.29, 0.717) is 29.3 Å². The minimum absolute atomic E-state index is 0.0899. The van der Waals surface area contributed by atoms with E-state index in [9.17, 15) is 13.2 Å². The molecule has 3 aromatic rings. The van der Waals surface area contributed by atoms with Gasteiger partial charge in [-0.3, -0.25) is 9.69 Å². The molecule has 3 heterocycles. The number of rotatable bonds is 3. The van der Waals surface area contributed by atoms with Crippen LogP contribution in [0.1, 0.15) is 19.4 Å². The van der Waals surface area contributed by atoms with Crippen molar-refractivity contribution in [1.29, 1.82) is 0 Å². The number of benzene rings is 2. The lowest BCUT2D eigenvalue weighted by Crippen LogP contribution is -2.53. The second kappa shape index (κ2) is 7.10. The fourth-order valence-corrected chi connectivity index (χ4v) is 6.72. The first-order valence-corrected chi connectivity index (χ1v) is 11.8. The molecule has 1 fully saturated rings. The molecule has 0 radical (unpaired) electrons. The third-order valence-corrected chi connectivity index (χ3v) is 8.17. The summed E-state index contributed by atoms with van der Waals surface area (Å²) in [4.78, 5) is 16.4. The Hall–Kier alpha value is -2.84. The van der Waals surface area contributed by atoms with Gasteiger partial charge in [-0.15, -0.1) is 0 Å². The summed E-state index contributed by atoms with van der Waals surface area (Å²) in [5.41, 5.74) is 3.12. The average Bonchev–Trinajstić information content (AvgIpc) is 3.19. The summed E-state index contributed by atoms with van der Waals surface area (Å²) < 4.78 is 33.7. The second-order valence-electron chi connectivity index (χ2n) is 8.27. The number of aromatic nitrogens is 1. The Morgan fingerprint density at radius 1 is 1.16 bits per heavy atom. The zero-order chi connectivity index (χ0) is 21.9. The molecule has 1 unspecified atom stereocenters. The second-order valence-corrected chi connectivity index (χ2v) is 10.0. The van der Waals surface area contributed by atoms with Crippen LogP contribution in [0.3, 0.4) is 0 Å². The number of piperazine rings is 1. The summed E-state index contributed by atoms with van der Waals surface area (Å²) in [7, 11) is -2.05. The zero-order valence-corrected chi connectivity index (χ0v) is 18.6. The number of fused-ring (bicyclic) bond motifs is 5. The molecule has 2 aliphatic heterocycles. The van der Waals surface area contributed by atoms with E-state index in [2.05, 4.69) is 11.8 Å². The van der Waals surface area contributed by atoms with Crippen molar-refractivity contribution in [1.82, 2.24) is 13.8 Å². The molecule has 1 aromatic heterocycles. The van der Waals surface area contributed by atoms with Crippen LogP contribution in [-0.2, 0) is 21.4 Å². The van der Waals surface area contributed by atoms with Gasteiger partial charge in [0.1, 0.15) is 5.75 Å². The van der Waals surface area contributed by atoms with Crippen LogP contribution < -0.4 is 4.74 Å². The molecule has 1 saturated heterocycles. The molecular weight excluding hydrogens is 414 g/mol. The number of ether oxygens (including phenoxy) is 1. The highest BCUT2D eigenvalue weighted by molar-refractivity contribution is 7.90. The molecule has 0 N–H and O–H groups in total. The number of carbonyl (C=O) groups excluding carboxylic acids is 1. The van der Waals surface area contributed by atoms with Gasteiger partial charge in [0.2, 0.25) is 5.91 Å². The highest BCUT2D eigenvalue weighted by Gasteiger charge is 2.37. The van der Waals surface area contributed by atoms with Crippen LogP contribution in [0.2, 0.25) is 0 Å². The fourth-order valence-electron chi connectivity index (χ4n) is 4.97. The molecule has 0 aliphatic carbocycles. The van der Waals surface area contributed by atoms with Gasteiger partial charge in [0.25, 0.3) is 10.0 Å². The van der Waals surface area contributed by atoms with Crippen molar-refractivity contribution < 1.29 is 17.9 Å². The predicted octanol–water partition coefficient (Wildman–Crippen LogP) is 2.92. The molecule has 1 atom stereocenters.